The first-order chi connectivity index (χ1) is 10.5. The Balaban J connectivity index is 1.95. The third kappa shape index (κ3) is 2.68. The van der Waals surface area contributed by atoms with Crippen molar-refractivity contribution < 1.29 is 14.3 Å². The van der Waals surface area contributed by atoms with Crippen LogP contribution in [0.1, 0.15) is 16.1 Å². The highest BCUT2D eigenvalue weighted by Gasteiger charge is 2.14. The maximum Gasteiger partial charge on any atom is 0.335 e. The molecule has 0 bridgehead atoms. The molecule has 0 saturated heterocycles. The molecule has 2 aromatic heterocycles. The summed E-state index contributed by atoms with van der Waals surface area (Å²) < 4.78 is 5.58. The fourth-order valence-electron chi connectivity index (χ4n) is 1.89. The van der Waals surface area contributed by atoms with Gasteiger partial charge < -0.3 is 9.52 Å². The second kappa shape index (κ2) is 5.57. The lowest BCUT2D eigenvalue weighted by Crippen LogP contribution is -1.94. The van der Waals surface area contributed by atoms with Crippen molar-refractivity contribution in [2.24, 2.45) is 0 Å². The molecule has 1 aromatic carbocycles. The molecule has 6 nitrogen and oxygen atoms in total. The summed E-state index contributed by atoms with van der Waals surface area (Å²) in [5.41, 5.74) is 2.15. The van der Waals surface area contributed by atoms with Gasteiger partial charge in [-0.2, -0.15) is 0 Å². The highest BCUT2D eigenvalue weighted by Crippen LogP contribution is 2.28. The summed E-state index contributed by atoms with van der Waals surface area (Å²) in [6.07, 6.45) is 0. The molecule has 7 heteroatoms. The van der Waals surface area contributed by atoms with Crippen molar-refractivity contribution in [2.75, 3.05) is 0 Å². The first-order valence-corrected chi connectivity index (χ1v) is 6.73. The molecule has 0 aliphatic rings. The number of rotatable bonds is 3. The van der Waals surface area contributed by atoms with Gasteiger partial charge in [0.25, 0.3) is 5.89 Å². The number of carbonyl (C=O) groups is 1. The van der Waals surface area contributed by atoms with E-state index in [1.165, 1.54) is 12.1 Å². The molecule has 3 rings (SSSR count). The molecule has 0 fully saturated rings. The molecule has 22 heavy (non-hydrogen) atoms. The van der Waals surface area contributed by atoms with E-state index < -0.39 is 5.97 Å². The van der Waals surface area contributed by atoms with E-state index in [9.17, 15) is 4.79 Å². The maximum atomic E-state index is 10.8. The van der Waals surface area contributed by atoms with Gasteiger partial charge >= 0.3 is 5.97 Å². The van der Waals surface area contributed by atoms with Crippen LogP contribution in [0.25, 0.3) is 22.9 Å². The van der Waals surface area contributed by atoms with Crippen LogP contribution in [0.5, 0.6) is 0 Å². The number of carboxylic acids is 1. The van der Waals surface area contributed by atoms with Crippen LogP contribution in [0.15, 0.2) is 40.8 Å². The van der Waals surface area contributed by atoms with Crippen molar-refractivity contribution in [3.05, 3.63) is 52.8 Å². The first kappa shape index (κ1) is 14.2. The average Bonchev–Trinajstić information content (AvgIpc) is 2.97. The van der Waals surface area contributed by atoms with Gasteiger partial charge in [0, 0.05) is 11.3 Å². The van der Waals surface area contributed by atoms with Gasteiger partial charge in [-0.15, -0.1) is 10.2 Å². The number of aryl methyl sites for hydroxylation is 1. The Morgan fingerprint density at radius 1 is 1.09 bits per heavy atom. The van der Waals surface area contributed by atoms with Crippen LogP contribution in [0.2, 0.25) is 5.15 Å². The Kier molecular flexibility index (Phi) is 3.60. The standard InChI is InChI=1S/C15H10ClN3O3/c1-8-2-7-11(12(16)17-8)14-19-18-13(22-14)9-3-5-10(6-4-9)15(20)21/h2-7H,1H3,(H,20,21). The molecule has 0 radical (unpaired) electrons. The van der Waals surface area contributed by atoms with E-state index in [1.54, 1.807) is 24.3 Å². The molecule has 0 unspecified atom stereocenters. The van der Waals surface area contributed by atoms with Crippen LogP contribution in [-0.4, -0.2) is 26.3 Å². The molecular weight excluding hydrogens is 306 g/mol. The molecule has 0 aliphatic carbocycles. The summed E-state index contributed by atoms with van der Waals surface area (Å²) in [4.78, 5) is 15.0. The van der Waals surface area contributed by atoms with E-state index in [4.69, 9.17) is 21.1 Å². The Labute approximate surface area is 130 Å². The highest BCUT2D eigenvalue weighted by molar-refractivity contribution is 6.31. The molecule has 0 atom stereocenters. The Morgan fingerprint density at radius 3 is 2.41 bits per heavy atom. The minimum absolute atomic E-state index is 0.189. The van der Waals surface area contributed by atoms with Crippen molar-refractivity contribution in [3.63, 3.8) is 0 Å². The van der Waals surface area contributed by atoms with Gasteiger partial charge in [-0.25, -0.2) is 9.78 Å². The molecule has 2 heterocycles. The number of nitrogens with zero attached hydrogens (tertiary/aromatic N) is 3. The highest BCUT2D eigenvalue weighted by atomic mass is 35.5. The van der Waals surface area contributed by atoms with Crippen molar-refractivity contribution in [2.45, 2.75) is 6.92 Å². The van der Waals surface area contributed by atoms with Gasteiger partial charge in [0.05, 0.1) is 11.1 Å². The van der Waals surface area contributed by atoms with Crippen LogP contribution in [0.4, 0.5) is 0 Å². The molecule has 110 valence electrons. The zero-order valence-electron chi connectivity index (χ0n) is 11.4. The fourth-order valence-corrected chi connectivity index (χ4v) is 2.17. The summed E-state index contributed by atoms with van der Waals surface area (Å²) in [5, 5.41) is 17.1. The van der Waals surface area contributed by atoms with Gasteiger partial charge in [0.15, 0.2) is 0 Å². The molecule has 0 saturated carbocycles. The Morgan fingerprint density at radius 2 is 1.77 bits per heavy atom. The lowest BCUT2D eigenvalue weighted by atomic mass is 10.1. The summed E-state index contributed by atoms with van der Waals surface area (Å²) in [7, 11) is 0. The number of benzene rings is 1. The van der Waals surface area contributed by atoms with Gasteiger partial charge in [-0.1, -0.05) is 11.6 Å². The van der Waals surface area contributed by atoms with Crippen LogP contribution in [0.3, 0.4) is 0 Å². The second-order valence-electron chi connectivity index (χ2n) is 4.59. The van der Waals surface area contributed by atoms with E-state index in [0.717, 1.165) is 5.69 Å². The summed E-state index contributed by atoms with van der Waals surface area (Å²) in [5.74, 6) is -0.450. The number of carboxylic acid groups (broad SMARTS) is 1. The number of pyridine rings is 1. The maximum absolute atomic E-state index is 10.8. The largest absolute Gasteiger partial charge is 0.478 e. The van der Waals surface area contributed by atoms with Crippen molar-refractivity contribution in [1.82, 2.24) is 15.2 Å². The van der Waals surface area contributed by atoms with Gasteiger partial charge in [-0.05, 0) is 43.3 Å². The molecule has 0 amide bonds. The second-order valence-corrected chi connectivity index (χ2v) is 4.94. The molecule has 0 spiro atoms. The minimum atomic E-state index is -0.990. The quantitative estimate of drug-likeness (QED) is 0.744. The van der Waals surface area contributed by atoms with Gasteiger partial charge in [0.2, 0.25) is 5.89 Å². The number of hydrogen-bond acceptors (Lipinski definition) is 5. The van der Waals surface area contributed by atoms with Crippen LogP contribution in [-0.2, 0) is 0 Å². The number of halogens is 1. The monoisotopic (exact) mass is 315 g/mol. The number of hydrogen-bond donors (Lipinski definition) is 1. The third-order valence-corrected chi connectivity index (χ3v) is 3.31. The molecule has 1 N–H and O–H groups in total. The number of aromatic nitrogens is 3. The SMILES string of the molecule is Cc1ccc(-c2nnc(-c3ccc(C(=O)O)cc3)o2)c(Cl)n1. The van der Waals surface area contributed by atoms with E-state index in [2.05, 4.69) is 15.2 Å². The third-order valence-electron chi connectivity index (χ3n) is 3.02. The van der Waals surface area contributed by atoms with Crippen LogP contribution >= 0.6 is 11.6 Å². The van der Waals surface area contributed by atoms with Gasteiger partial charge in [-0.3, -0.25) is 0 Å². The zero-order chi connectivity index (χ0) is 15.7. The fraction of sp³-hybridized carbons (Fsp3) is 0.0667. The summed E-state index contributed by atoms with van der Waals surface area (Å²) >= 11 is 6.07. The van der Waals surface area contributed by atoms with Crippen LogP contribution in [0, 0.1) is 6.92 Å². The van der Waals surface area contributed by atoms with E-state index >= 15 is 0 Å². The van der Waals surface area contributed by atoms with E-state index in [0.29, 0.717) is 11.1 Å². The van der Waals surface area contributed by atoms with Crippen LogP contribution < -0.4 is 0 Å². The molecular formula is C15H10ClN3O3. The average molecular weight is 316 g/mol. The summed E-state index contributed by atoms with van der Waals surface area (Å²) in [6, 6.07) is 9.72. The van der Waals surface area contributed by atoms with E-state index in [-0.39, 0.29) is 22.5 Å². The number of aromatic carboxylic acids is 1. The molecule has 0 aliphatic heterocycles. The van der Waals surface area contributed by atoms with Gasteiger partial charge in [0.1, 0.15) is 5.15 Å². The van der Waals surface area contributed by atoms with Crippen molar-refractivity contribution >= 4 is 17.6 Å². The first-order valence-electron chi connectivity index (χ1n) is 6.35. The Bertz CT molecular complexity index is 843. The zero-order valence-corrected chi connectivity index (χ0v) is 12.2. The normalized spacial score (nSPS) is 10.6. The topological polar surface area (TPSA) is 89.1 Å². The lowest BCUT2D eigenvalue weighted by Gasteiger charge is -1.99. The lowest BCUT2D eigenvalue weighted by molar-refractivity contribution is 0.0697. The smallest absolute Gasteiger partial charge is 0.335 e. The summed E-state index contributed by atoms with van der Waals surface area (Å²) in [6.45, 7) is 1.83. The molecule has 3 aromatic rings. The van der Waals surface area contributed by atoms with Crippen molar-refractivity contribution in [3.8, 4) is 22.9 Å². The predicted molar refractivity (Wildman–Crippen MR) is 79.7 cm³/mol. The predicted octanol–water partition coefficient (Wildman–Crippen LogP) is 3.46. The van der Waals surface area contributed by atoms with E-state index in [1.807, 2.05) is 6.92 Å². The Hall–Kier alpha value is -2.73. The van der Waals surface area contributed by atoms with Crippen molar-refractivity contribution in [1.29, 1.82) is 0 Å². The minimum Gasteiger partial charge on any atom is -0.478 e.